The van der Waals surface area contributed by atoms with Crippen molar-refractivity contribution in [2.75, 3.05) is 38.2 Å². The summed E-state index contributed by atoms with van der Waals surface area (Å²) in [6.45, 7) is 4.62. The number of nitrogens with one attached hydrogen (secondary N) is 1. The molecule has 6 heteroatoms. The van der Waals surface area contributed by atoms with E-state index in [1.54, 1.807) is 13.3 Å². The molecule has 0 aromatic carbocycles. The molecule has 0 aliphatic carbocycles. The Kier molecular flexibility index (Phi) is 5.50. The van der Waals surface area contributed by atoms with Gasteiger partial charge in [-0.05, 0) is 11.8 Å². The maximum Gasteiger partial charge on any atom is 0.139 e. The maximum absolute atomic E-state index is 5.21. The normalized spacial score (nSPS) is 25.1. The number of rotatable bonds is 2. The third-order valence-electron chi connectivity index (χ3n) is 3.69. The molecule has 1 aromatic heterocycles. The van der Waals surface area contributed by atoms with Gasteiger partial charge < -0.3 is 15.0 Å². The topological polar surface area (TPSA) is 37.4 Å². The molecule has 3 heterocycles. The number of fused-ring (bicyclic) bond motifs is 1. The Morgan fingerprint density at radius 3 is 2.50 bits per heavy atom. The van der Waals surface area contributed by atoms with Crippen LogP contribution in [0.3, 0.4) is 0 Å². The fourth-order valence-electron chi connectivity index (χ4n) is 2.76. The van der Waals surface area contributed by atoms with Crippen LogP contribution in [0.1, 0.15) is 0 Å². The first-order valence-corrected chi connectivity index (χ1v) is 5.81. The van der Waals surface area contributed by atoms with Crippen LogP contribution >= 0.6 is 24.8 Å². The fraction of sp³-hybridized carbons (Fsp3) is 0.583. The van der Waals surface area contributed by atoms with Crippen molar-refractivity contribution in [2.45, 2.75) is 0 Å². The van der Waals surface area contributed by atoms with Gasteiger partial charge in [-0.25, -0.2) is 0 Å². The standard InChI is InChI=1S/C12H17N3O.2ClH/c1-16-12-2-11(5-14-6-12)15-7-9-3-13-4-10(9)8-15;;/h2,5-6,9-10,13H,3-4,7-8H2,1H3;2*1H/t9-,10+;;. The van der Waals surface area contributed by atoms with E-state index in [9.17, 15) is 0 Å². The number of halogens is 2. The lowest BCUT2D eigenvalue weighted by Gasteiger charge is -2.19. The van der Waals surface area contributed by atoms with Crippen LogP contribution in [0.5, 0.6) is 5.75 Å². The van der Waals surface area contributed by atoms with Gasteiger partial charge in [0.2, 0.25) is 0 Å². The minimum atomic E-state index is 0. The molecule has 4 nitrogen and oxygen atoms in total. The van der Waals surface area contributed by atoms with E-state index in [1.807, 2.05) is 6.20 Å². The lowest BCUT2D eigenvalue weighted by molar-refractivity contribution is 0.413. The lowest BCUT2D eigenvalue weighted by Crippen LogP contribution is -2.25. The van der Waals surface area contributed by atoms with Crippen molar-refractivity contribution >= 4 is 30.5 Å². The highest BCUT2D eigenvalue weighted by atomic mass is 35.5. The average Bonchev–Trinajstić information content (AvgIpc) is 2.89. The highest BCUT2D eigenvalue weighted by Gasteiger charge is 2.36. The molecule has 0 amide bonds. The monoisotopic (exact) mass is 291 g/mol. The van der Waals surface area contributed by atoms with Gasteiger partial charge in [0.15, 0.2) is 0 Å². The Morgan fingerprint density at radius 2 is 1.89 bits per heavy atom. The molecule has 1 aromatic rings. The third kappa shape index (κ3) is 2.82. The van der Waals surface area contributed by atoms with Crippen LogP contribution in [0.2, 0.25) is 0 Å². The second kappa shape index (κ2) is 6.45. The smallest absolute Gasteiger partial charge is 0.139 e. The van der Waals surface area contributed by atoms with Crippen LogP contribution in [0, 0.1) is 11.8 Å². The van der Waals surface area contributed by atoms with Gasteiger partial charge in [-0.3, -0.25) is 4.98 Å². The molecular weight excluding hydrogens is 273 g/mol. The number of methoxy groups -OCH3 is 1. The second-order valence-corrected chi connectivity index (χ2v) is 4.67. The highest BCUT2D eigenvalue weighted by Crippen LogP contribution is 2.31. The minimum Gasteiger partial charge on any atom is -0.495 e. The lowest BCUT2D eigenvalue weighted by atomic mass is 10.0. The zero-order valence-electron chi connectivity index (χ0n) is 10.3. The van der Waals surface area contributed by atoms with Gasteiger partial charge in [0.25, 0.3) is 0 Å². The van der Waals surface area contributed by atoms with Gasteiger partial charge in [-0.15, -0.1) is 24.8 Å². The first-order valence-electron chi connectivity index (χ1n) is 5.81. The molecule has 0 spiro atoms. The molecule has 3 rings (SSSR count). The SMILES string of the molecule is COc1cncc(N2C[C@H]3CNC[C@H]3C2)c1.Cl.Cl. The molecule has 2 saturated heterocycles. The largest absolute Gasteiger partial charge is 0.495 e. The predicted molar refractivity (Wildman–Crippen MR) is 77.3 cm³/mol. The Hall–Kier alpha value is -0.710. The second-order valence-electron chi connectivity index (χ2n) is 4.67. The van der Waals surface area contributed by atoms with E-state index in [1.165, 1.54) is 18.8 Å². The van der Waals surface area contributed by atoms with Crippen LogP contribution in [-0.4, -0.2) is 38.3 Å². The van der Waals surface area contributed by atoms with E-state index < -0.39 is 0 Å². The summed E-state index contributed by atoms with van der Waals surface area (Å²) in [4.78, 5) is 6.63. The highest BCUT2D eigenvalue weighted by molar-refractivity contribution is 5.85. The molecular formula is C12H19Cl2N3O. The molecule has 0 radical (unpaired) electrons. The van der Waals surface area contributed by atoms with Gasteiger partial charge >= 0.3 is 0 Å². The van der Waals surface area contributed by atoms with Gasteiger partial charge in [-0.1, -0.05) is 0 Å². The van der Waals surface area contributed by atoms with Crippen molar-refractivity contribution in [2.24, 2.45) is 11.8 Å². The zero-order valence-corrected chi connectivity index (χ0v) is 12.0. The Morgan fingerprint density at radius 1 is 1.22 bits per heavy atom. The van der Waals surface area contributed by atoms with Gasteiger partial charge in [-0.2, -0.15) is 0 Å². The number of aromatic nitrogens is 1. The van der Waals surface area contributed by atoms with E-state index in [0.717, 1.165) is 30.7 Å². The summed E-state index contributed by atoms with van der Waals surface area (Å²) < 4.78 is 5.21. The van der Waals surface area contributed by atoms with E-state index >= 15 is 0 Å². The first-order chi connectivity index (χ1) is 7.86. The number of anilines is 1. The van der Waals surface area contributed by atoms with Crippen molar-refractivity contribution in [3.8, 4) is 5.75 Å². The summed E-state index contributed by atoms with van der Waals surface area (Å²) in [5.41, 5.74) is 1.19. The molecule has 1 N–H and O–H groups in total. The first kappa shape index (κ1) is 15.3. The summed E-state index contributed by atoms with van der Waals surface area (Å²) in [7, 11) is 1.68. The number of pyridine rings is 1. The van der Waals surface area contributed by atoms with Crippen LogP contribution in [-0.2, 0) is 0 Å². The van der Waals surface area contributed by atoms with Crippen LogP contribution in [0.4, 0.5) is 5.69 Å². The van der Waals surface area contributed by atoms with E-state index in [-0.39, 0.29) is 24.8 Å². The van der Waals surface area contributed by atoms with E-state index in [2.05, 4.69) is 21.3 Å². The molecule has 18 heavy (non-hydrogen) atoms. The average molecular weight is 292 g/mol. The summed E-state index contributed by atoms with van der Waals surface area (Å²) in [6.07, 6.45) is 3.68. The summed E-state index contributed by atoms with van der Waals surface area (Å²) >= 11 is 0. The predicted octanol–water partition coefficient (Wildman–Crippen LogP) is 1.59. The van der Waals surface area contributed by atoms with Crippen LogP contribution in [0.15, 0.2) is 18.5 Å². The van der Waals surface area contributed by atoms with Gasteiger partial charge in [0.1, 0.15) is 5.75 Å². The Bertz CT molecular complexity index is 379. The summed E-state index contributed by atoms with van der Waals surface area (Å²) in [5.74, 6) is 2.46. The molecule has 0 saturated carbocycles. The minimum absolute atomic E-state index is 0. The van der Waals surface area contributed by atoms with Crippen molar-refractivity contribution in [3.63, 3.8) is 0 Å². The van der Waals surface area contributed by atoms with Gasteiger partial charge in [0.05, 0.1) is 25.2 Å². The van der Waals surface area contributed by atoms with E-state index in [4.69, 9.17) is 4.74 Å². The number of hydrogen-bond acceptors (Lipinski definition) is 4. The number of hydrogen-bond donors (Lipinski definition) is 1. The third-order valence-corrected chi connectivity index (χ3v) is 3.69. The molecule has 0 bridgehead atoms. The van der Waals surface area contributed by atoms with Crippen molar-refractivity contribution in [1.82, 2.24) is 10.3 Å². The quantitative estimate of drug-likeness (QED) is 0.898. The molecule has 102 valence electrons. The van der Waals surface area contributed by atoms with Crippen molar-refractivity contribution < 1.29 is 4.74 Å². The van der Waals surface area contributed by atoms with Crippen LogP contribution in [0.25, 0.3) is 0 Å². The van der Waals surface area contributed by atoms with Gasteiger partial charge in [0, 0.05) is 32.2 Å². The van der Waals surface area contributed by atoms with E-state index in [0.29, 0.717) is 0 Å². The summed E-state index contributed by atoms with van der Waals surface area (Å²) in [5, 5.41) is 3.45. The Labute approximate surface area is 120 Å². The van der Waals surface area contributed by atoms with Crippen molar-refractivity contribution in [1.29, 1.82) is 0 Å². The number of ether oxygens (including phenoxy) is 1. The molecule has 2 aliphatic rings. The fourth-order valence-corrected chi connectivity index (χ4v) is 2.76. The van der Waals surface area contributed by atoms with Crippen LogP contribution < -0.4 is 15.0 Å². The summed E-state index contributed by atoms with van der Waals surface area (Å²) in [6, 6.07) is 2.07. The maximum atomic E-state index is 5.21. The van der Waals surface area contributed by atoms with Crippen molar-refractivity contribution in [3.05, 3.63) is 18.5 Å². The zero-order chi connectivity index (χ0) is 11.0. The number of nitrogens with zero attached hydrogens (tertiary/aromatic N) is 2. The molecule has 2 fully saturated rings. The molecule has 2 aliphatic heterocycles. The Balaban J connectivity index is 0.000000810. The molecule has 0 unspecified atom stereocenters. The molecule has 2 atom stereocenters.